The number of aryl methyl sites for hydroxylation is 1. The van der Waals surface area contributed by atoms with Crippen LogP contribution in [0.3, 0.4) is 0 Å². The van der Waals surface area contributed by atoms with Gasteiger partial charge in [-0.3, -0.25) is 4.57 Å². The van der Waals surface area contributed by atoms with E-state index in [0.29, 0.717) is 17.3 Å². The number of rotatable bonds is 3. The van der Waals surface area contributed by atoms with Crippen LogP contribution in [-0.2, 0) is 6.42 Å². The molecule has 0 atom stereocenters. The Kier molecular flexibility index (Phi) is 3.96. The number of aromatic nitrogens is 3. The monoisotopic (exact) mass is 369 g/mol. The van der Waals surface area contributed by atoms with Crippen molar-refractivity contribution in [2.24, 2.45) is 0 Å². The molecule has 0 N–H and O–H groups in total. The number of para-hydroxylation sites is 1. The van der Waals surface area contributed by atoms with E-state index in [-0.39, 0.29) is 0 Å². The maximum Gasteiger partial charge on any atom is 0.164 e. The second-order valence-electron chi connectivity index (χ2n) is 4.25. The molecule has 3 aromatic rings. The zero-order chi connectivity index (χ0) is 14.1. The largest absolute Gasteiger partial charge is 0.280 e. The Morgan fingerprint density at radius 1 is 1.25 bits per heavy atom. The first-order valence-corrected chi connectivity index (χ1v) is 7.75. The van der Waals surface area contributed by atoms with Crippen LogP contribution in [0.5, 0.6) is 0 Å². The molecule has 102 valence electrons. The minimum atomic E-state index is 0.501. The summed E-state index contributed by atoms with van der Waals surface area (Å²) in [6.07, 6.45) is 2.29. The van der Waals surface area contributed by atoms with Gasteiger partial charge in [0.2, 0.25) is 0 Å². The summed E-state index contributed by atoms with van der Waals surface area (Å²) in [5.41, 5.74) is 2.54. The van der Waals surface area contributed by atoms with E-state index >= 15 is 0 Å². The quantitative estimate of drug-likeness (QED) is 0.630. The van der Waals surface area contributed by atoms with Crippen molar-refractivity contribution in [1.82, 2.24) is 14.5 Å². The number of imidazole rings is 1. The summed E-state index contributed by atoms with van der Waals surface area (Å²) in [5.74, 6) is 1.37. The second kappa shape index (κ2) is 5.72. The third-order valence-electron chi connectivity index (χ3n) is 2.94. The molecular weight excluding hydrogens is 361 g/mol. The van der Waals surface area contributed by atoms with Gasteiger partial charge in [-0.15, -0.1) is 11.6 Å². The van der Waals surface area contributed by atoms with Crippen LogP contribution in [0, 0.1) is 0 Å². The number of nitrogens with zero attached hydrogens (tertiary/aromatic N) is 3. The first-order chi connectivity index (χ1) is 9.70. The SMILES string of the molecule is ClCCc1nc2cc(Cl)cnc2n1-c1ccccc1Br. The van der Waals surface area contributed by atoms with Crippen molar-refractivity contribution in [3.8, 4) is 5.69 Å². The molecule has 0 aliphatic heterocycles. The molecule has 3 rings (SSSR count). The highest BCUT2D eigenvalue weighted by Gasteiger charge is 2.15. The van der Waals surface area contributed by atoms with Crippen molar-refractivity contribution in [2.75, 3.05) is 5.88 Å². The number of benzene rings is 1. The molecule has 0 unspecified atom stereocenters. The Bertz CT molecular complexity index is 770. The van der Waals surface area contributed by atoms with E-state index in [0.717, 1.165) is 27.1 Å². The van der Waals surface area contributed by atoms with Crippen LogP contribution in [-0.4, -0.2) is 20.4 Å². The van der Waals surface area contributed by atoms with Crippen molar-refractivity contribution >= 4 is 50.3 Å². The van der Waals surface area contributed by atoms with Gasteiger partial charge in [-0.2, -0.15) is 0 Å². The summed E-state index contributed by atoms with van der Waals surface area (Å²) < 4.78 is 2.99. The zero-order valence-electron chi connectivity index (χ0n) is 10.4. The third-order valence-corrected chi connectivity index (χ3v) is 4.01. The van der Waals surface area contributed by atoms with Gasteiger partial charge in [-0.05, 0) is 34.1 Å². The van der Waals surface area contributed by atoms with Gasteiger partial charge in [-0.25, -0.2) is 9.97 Å². The average molecular weight is 371 g/mol. The molecular formula is C14H10BrCl2N3. The van der Waals surface area contributed by atoms with Crippen LogP contribution in [0.4, 0.5) is 0 Å². The summed E-state index contributed by atoms with van der Waals surface area (Å²) in [4.78, 5) is 9.00. The molecule has 0 spiro atoms. The maximum absolute atomic E-state index is 5.99. The normalized spacial score (nSPS) is 11.2. The van der Waals surface area contributed by atoms with Crippen LogP contribution in [0.1, 0.15) is 5.82 Å². The third kappa shape index (κ3) is 2.43. The Labute approximate surface area is 134 Å². The maximum atomic E-state index is 5.99. The fraction of sp³-hybridized carbons (Fsp3) is 0.143. The lowest BCUT2D eigenvalue weighted by Gasteiger charge is -2.09. The average Bonchev–Trinajstić information content (AvgIpc) is 2.77. The molecule has 0 aliphatic carbocycles. The highest BCUT2D eigenvalue weighted by molar-refractivity contribution is 9.10. The first kappa shape index (κ1) is 13.9. The van der Waals surface area contributed by atoms with Crippen LogP contribution in [0.2, 0.25) is 5.02 Å². The number of pyridine rings is 1. The van der Waals surface area contributed by atoms with Crippen molar-refractivity contribution in [1.29, 1.82) is 0 Å². The number of hydrogen-bond acceptors (Lipinski definition) is 2. The van der Waals surface area contributed by atoms with E-state index in [1.54, 1.807) is 6.20 Å². The van der Waals surface area contributed by atoms with Crippen molar-refractivity contribution < 1.29 is 0 Å². The van der Waals surface area contributed by atoms with Crippen molar-refractivity contribution in [2.45, 2.75) is 6.42 Å². The molecule has 2 heterocycles. The summed E-state index contributed by atoms with van der Waals surface area (Å²) in [6.45, 7) is 0. The van der Waals surface area contributed by atoms with E-state index in [4.69, 9.17) is 23.2 Å². The standard InChI is InChI=1S/C14H10BrCl2N3/c15-10-3-1-2-4-12(10)20-13(5-6-16)19-11-7-9(17)8-18-14(11)20/h1-4,7-8H,5-6H2. The molecule has 0 saturated carbocycles. The lowest BCUT2D eigenvalue weighted by molar-refractivity contribution is 0.902. The van der Waals surface area contributed by atoms with E-state index in [1.165, 1.54) is 0 Å². The van der Waals surface area contributed by atoms with Gasteiger partial charge < -0.3 is 0 Å². The predicted molar refractivity (Wildman–Crippen MR) is 86.0 cm³/mol. The number of halogens is 3. The molecule has 2 aromatic heterocycles. The van der Waals surface area contributed by atoms with Gasteiger partial charge in [0.15, 0.2) is 5.65 Å². The van der Waals surface area contributed by atoms with Crippen LogP contribution < -0.4 is 0 Å². The number of fused-ring (bicyclic) bond motifs is 1. The summed E-state index contributed by atoms with van der Waals surface area (Å²) in [7, 11) is 0. The molecule has 1 aromatic carbocycles. The second-order valence-corrected chi connectivity index (χ2v) is 5.92. The van der Waals surface area contributed by atoms with Crippen molar-refractivity contribution in [3.05, 3.63) is 51.8 Å². The van der Waals surface area contributed by atoms with Gasteiger partial charge in [0.05, 0.1) is 10.7 Å². The Morgan fingerprint density at radius 2 is 2.05 bits per heavy atom. The van der Waals surface area contributed by atoms with Gasteiger partial charge in [-0.1, -0.05) is 23.7 Å². The van der Waals surface area contributed by atoms with Crippen LogP contribution in [0.25, 0.3) is 16.9 Å². The summed E-state index contributed by atoms with van der Waals surface area (Å²) in [6, 6.07) is 9.76. The Balaban J connectivity index is 2.32. The smallest absolute Gasteiger partial charge is 0.164 e. The molecule has 6 heteroatoms. The molecule has 0 amide bonds. The fourth-order valence-corrected chi connectivity index (χ4v) is 2.91. The van der Waals surface area contributed by atoms with Gasteiger partial charge in [0.25, 0.3) is 0 Å². The predicted octanol–water partition coefficient (Wildman–Crippen LogP) is 4.62. The minimum absolute atomic E-state index is 0.501. The number of hydrogen-bond donors (Lipinski definition) is 0. The lowest BCUT2D eigenvalue weighted by Crippen LogP contribution is -2.03. The topological polar surface area (TPSA) is 30.7 Å². The highest BCUT2D eigenvalue weighted by Crippen LogP contribution is 2.27. The zero-order valence-corrected chi connectivity index (χ0v) is 13.5. The van der Waals surface area contributed by atoms with E-state index in [1.807, 2.05) is 34.9 Å². The molecule has 0 fully saturated rings. The van der Waals surface area contributed by atoms with Gasteiger partial charge in [0.1, 0.15) is 11.3 Å². The molecule has 0 radical (unpaired) electrons. The number of alkyl halides is 1. The lowest BCUT2D eigenvalue weighted by atomic mass is 10.3. The van der Waals surface area contributed by atoms with E-state index in [9.17, 15) is 0 Å². The molecule has 0 saturated heterocycles. The molecule has 0 aliphatic rings. The van der Waals surface area contributed by atoms with E-state index in [2.05, 4.69) is 25.9 Å². The molecule has 3 nitrogen and oxygen atoms in total. The van der Waals surface area contributed by atoms with Crippen molar-refractivity contribution in [3.63, 3.8) is 0 Å². The minimum Gasteiger partial charge on any atom is -0.280 e. The Morgan fingerprint density at radius 3 is 2.80 bits per heavy atom. The summed E-state index contributed by atoms with van der Waals surface area (Å²) >= 11 is 15.4. The van der Waals surface area contributed by atoms with Gasteiger partial charge in [0, 0.05) is 23.0 Å². The molecule has 0 bridgehead atoms. The van der Waals surface area contributed by atoms with E-state index < -0.39 is 0 Å². The fourth-order valence-electron chi connectivity index (χ4n) is 2.13. The van der Waals surface area contributed by atoms with Crippen LogP contribution in [0.15, 0.2) is 41.0 Å². The van der Waals surface area contributed by atoms with Crippen LogP contribution >= 0.6 is 39.1 Å². The summed E-state index contributed by atoms with van der Waals surface area (Å²) in [5, 5.41) is 0.576. The highest BCUT2D eigenvalue weighted by atomic mass is 79.9. The van der Waals surface area contributed by atoms with Gasteiger partial charge >= 0.3 is 0 Å². The Hall–Kier alpha value is -1.10. The first-order valence-electron chi connectivity index (χ1n) is 6.04. The molecule has 20 heavy (non-hydrogen) atoms.